The quantitative estimate of drug-likeness (QED) is 0.917. The van der Waals surface area contributed by atoms with Crippen molar-refractivity contribution >= 4 is 16.7 Å². The van der Waals surface area contributed by atoms with Crippen molar-refractivity contribution in [1.82, 2.24) is 4.98 Å². The standard InChI is InChI=1S/C16H20N2O/c1-11-7-13-5-3-4-6-15(13)17-16(11)18(2)10-12-8-14(19)9-12/h3-7,12,14,19H,8-10H2,1-2H3. The first-order valence-corrected chi connectivity index (χ1v) is 6.89. The van der Waals surface area contributed by atoms with Crippen molar-refractivity contribution in [2.75, 3.05) is 18.5 Å². The molecule has 0 spiro atoms. The molecule has 3 nitrogen and oxygen atoms in total. The molecule has 1 heterocycles. The van der Waals surface area contributed by atoms with Crippen LogP contribution in [0, 0.1) is 12.8 Å². The van der Waals surface area contributed by atoms with Crippen molar-refractivity contribution < 1.29 is 5.11 Å². The monoisotopic (exact) mass is 256 g/mol. The Bertz CT molecular complexity index is 590. The number of rotatable bonds is 3. The van der Waals surface area contributed by atoms with Crippen molar-refractivity contribution in [3.8, 4) is 0 Å². The number of aliphatic hydroxyl groups is 1. The SMILES string of the molecule is Cc1cc2ccccc2nc1N(C)CC1CC(O)C1. The molecule has 19 heavy (non-hydrogen) atoms. The molecule has 0 unspecified atom stereocenters. The third kappa shape index (κ3) is 2.43. The van der Waals surface area contributed by atoms with E-state index in [2.05, 4.69) is 37.1 Å². The highest BCUT2D eigenvalue weighted by atomic mass is 16.3. The number of aryl methyl sites for hydroxylation is 1. The predicted octanol–water partition coefficient (Wildman–Crippen LogP) is 2.75. The molecule has 0 saturated heterocycles. The third-order valence-electron chi connectivity index (χ3n) is 3.99. The normalized spacial score (nSPS) is 22.3. The summed E-state index contributed by atoms with van der Waals surface area (Å²) in [6.45, 7) is 3.09. The van der Waals surface area contributed by atoms with Crippen molar-refractivity contribution in [2.45, 2.75) is 25.9 Å². The maximum absolute atomic E-state index is 9.36. The Morgan fingerprint density at radius 2 is 2.05 bits per heavy atom. The van der Waals surface area contributed by atoms with Crippen molar-refractivity contribution in [2.24, 2.45) is 5.92 Å². The fourth-order valence-electron chi connectivity index (χ4n) is 2.92. The Kier molecular flexibility index (Phi) is 3.15. The third-order valence-corrected chi connectivity index (χ3v) is 3.99. The zero-order chi connectivity index (χ0) is 13.4. The van der Waals surface area contributed by atoms with Gasteiger partial charge in [0.05, 0.1) is 11.6 Å². The van der Waals surface area contributed by atoms with Gasteiger partial charge in [-0.1, -0.05) is 18.2 Å². The number of hydrogen-bond acceptors (Lipinski definition) is 3. The molecule has 2 aromatic rings. The summed E-state index contributed by atoms with van der Waals surface area (Å²) in [6.07, 6.45) is 1.78. The van der Waals surface area contributed by atoms with E-state index in [1.54, 1.807) is 0 Å². The van der Waals surface area contributed by atoms with Gasteiger partial charge in [0.1, 0.15) is 5.82 Å². The second kappa shape index (κ2) is 4.82. The Labute approximate surface area is 113 Å². The van der Waals surface area contributed by atoms with Gasteiger partial charge >= 0.3 is 0 Å². The lowest BCUT2D eigenvalue weighted by molar-refractivity contribution is 0.0464. The van der Waals surface area contributed by atoms with Crippen LogP contribution >= 0.6 is 0 Å². The van der Waals surface area contributed by atoms with E-state index in [1.807, 2.05) is 12.1 Å². The van der Waals surface area contributed by atoms with E-state index >= 15 is 0 Å². The molecule has 0 atom stereocenters. The largest absolute Gasteiger partial charge is 0.393 e. The van der Waals surface area contributed by atoms with Crippen molar-refractivity contribution in [3.05, 3.63) is 35.9 Å². The highest BCUT2D eigenvalue weighted by molar-refractivity contribution is 5.81. The molecule has 1 fully saturated rings. The lowest BCUT2D eigenvalue weighted by Crippen LogP contribution is -2.37. The van der Waals surface area contributed by atoms with Gasteiger partial charge in [-0.05, 0) is 43.4 Å². The van der Waals surface area contributed by atoms with Gasteiger partial charge in [-0.3, -0.25) is 0 Å². The Morgan fingerprint density at radius 3 is 2.79 bits per heavy atom. The zero-order valence-corrected chi connectivity index (χ0v) is 11.5. The van der Waals surface area contributed by atoms with Gasteiger partial charge in [0.15, 0.2) is 0 Å². The summed E-state index contributed by atoms with van der Waals surface area (Å²) < 4.78 is 0. The number of pyridine rings is 1. The first-order valence-electron chi connectivity index (χ1n) is 6.89. The molecular formula is C16H20N2O. The van der Waals surface area contributed by atoms with Crippen molar-refractivity contribution in [3.63, 3.8) is 0 Å². The van der Waals surface area contributed by atoms with Crippen LogP contribution in [0.2, 0.25) is 0 Å². The number of anilines is 1. The predicted molar refractivity (Wildman–Crippen MR) is 78.5 cm³/mol. The van der Waals surface area contributed by atoms with E-state index in [4.69, 9.17) is 4.98 Å². The molecule has 1 N–H and O–H groups in total. The van der Waals surface area contributed by atoms with Crippen LogP contribution in [0.1, 0.15) is 18.4 Å². The fraction of sp³-hybridized carbons (Fsp3) is 0.438. The van der Waals surface area contributed by atoms with E-state index in [0.29, 0.717) is 5.92 Å². The van der Waals surface area contributed by atoms with E-state index in [0.717, 1.165) is 30.7 Å². The van der Waals surface area contributed by atoms with E-state index in [1.165, 1.54) is 10.9 Å². The average molecular weight is 256 g/mol. The number of para-hydroxylation sites is 1. The van der Waals surface area contributed by atoms with Gasteiger partial charge in [0, 0.05) is 19.0 Å². The smallest absolute Gasteiger partial charge is 0.131 e. The molecule has 1 aromatic heterocycles. The van der Waals surface area contributed by atoms with Gasteiger partial charge < -0.3 is 10.0 Å². The summed E-state index contributed by atoms with van der Waals surface area (Å²) in [4.78, 5) is 6.99. The van der Waals surface area contributed by atoms with E-state index < -0.39 is 0 Å². The molecule has 0 amide bonds. The van der Waals surface area contributed by atoms with Crippen LogP contribution in [-0.4, -0.2) is 29.8 Å². The Balaban J connectivity index is 1.84. The van der Waals surface area contributed by atoms with E-state index in [9.17, 15) is 5.11 Å². The van der Waals surface area contributed by atoms with Gasteiger partial charge in [-0.25, -0.2) is 4.98 Å². The first-order chi connectivity index (χ1) is 9.13. The molecule has 1 aliphatic rings. The number of aromatic nitrogens is 1. The average Bonchev–Trinajstić information content (AvgIpc) is 2.36. The minimum atomic E-state index is -0.0796. The van der Waals surface area contributed by atoms with Crippen LogP contribution in [0.3, 0.4) is 0 Å². The Morgan fingerprint density at radius 1 is 1.32 bits per heavy atom. The minimum Gasteiger partial charge on any atom is -0.393 e. The van der Waals surface area contributed by atoms with Crippen LogP contribution in [0.25, 0.3) is 10.9 Å². The van der Waals surface area contributed by atoms with Crippen LogP contribution in [-0.2, 0) is 0 Å². The molecule has 1 saturated carbocycles. The fourth-order valence-corrected chi connectivity index (χ4v) is 2.92. The number of fused-ring (bicyclic) bond motifs is 1. The molecule has 0 radical (unpaired) electrons. The summed E-state index contributed by atoms with van der Waals surface area (Å²) in [5.74, 6) is 1.66. The maximum Gasteiger partial charge on any atom is 0.131 e. The number of aliphatic hydroxyl groups excluding tert-OH is 1. The lowest BCUT2D eigenvalue weighted by atomic mass is 9.82. The summed E-state index contributed by atoms with van der Waals surface area (Å²) in [7, 11) is 2.09. The van der Waals surface area contributed by atoms with Gasteiger partial charge in [-0.15, -0.1) is 0 Å². The van der Waals surface area contributed by atoms with Crippen LogP contribution in [0.4, 0.5) is 5.82 Å². The number of nitrogens with zero attached hydrogens (tertiary/aromatic N) is 2. The molecule has 1 aromatic carbocycles. The highest BCUT2D eigenvalue weighted by Crippen LogP contribution is 2.30. The summed E-state index contributed by atoms with van der Waals surface area (Å²) in [5, 5.41) is 10.6. The van der Waals surface area contributed by atoms with Crippen LogP contribution < -0.4 is 4.90 Å². The van der Waals surface area contributed by atoms with Gasteiger partial charge in [0.25, 0.3) is 0 Å². The minimum absolute atomic E-state index is 0.0796. The summed E-state index contributed by atoms with van der Waals surface area (Å²) in [6, 6.07) is 10.4. The highest BCUT2D eigenvalue weighted by Gasteiger charge is 2.28. The molecule has 0 bridgehead atoms. The summed E-state index contributed by atoms with van der Waals surface area (Å²) in [5.41, 5.74) is 2.25. The molecule has 3 heteroatoms. The second-order valence-corrected chi connectivity index (χ2v) is 5.69. The lowest BCUT2D eigenvalue weighted by Gasteiger charge is -2.35. The van der Waals surface area contributed by atoms with Crippen LogP contribution in [0.15, 0.2) is 30.3 Å². The molecule has 0 aliphatic heterocycles. The topological polar surface area (TPSA) is 36.4 Å². The van der Waals surface area contributed by atoms with Gasteiger partial charge in [0.2, 0.25) is 0 Å². The molecule has 1 aliphatic carbocycles. The molecular weight excluding hydrogens is 236 g/mol. The number of benzene rings is 1. The van der Waals surface area contributed by atoms with Crippen molar-refractivity contribution in [1.29, 1.82) is 0 Å². The second-order valence-electron chi connectivity index (χ2n) is 5.69. The summed E-state index contributed by atoms with van der Waals surface area (Å²) >= 11 is 0. The Hall–Kier alpha value is -1.61. The van der Waals surface area contributed by atoms with Crippen LogP contribution in [0.5, 0.6) is 0 Å². The van der Waals surface area contributed by atoms with E-state index in [-0.39, 0.29) is 6.10 Å². The zero-order valence-electron chi connectivity index (χ0n) is 11.5. The molecule has 3 rings (SSSR count). The first kappa shape index (κ1) is 12.4. The maximum atomic E-state index is 9.36. The van der Waals surface area contributed by atoms with Gasteiger partial charge in [-0.2, -0.15) is 0 Å². The number of hydrogen-bond donors (Lipinski definition) is 1. The molecule has 100 valence electrons.